The summed E-state index contributed by atoms with van der Waals surface area (Å²) in [6.07, 6.45) is 2.93. The first-order chi connectivity index (χ1) is 11.5. The van der Waals surface area contributed by atoms with Crippen molar-refractivity contribution in [1.29, 1.82) is 0 Å². The molecule has 0 aliphatic rings. The molecule has 24 heavy (non-hydrogen) atoms. The number of aromatic amines is 1. The molecule has 0 fully saturated rings. The maximum Gasteiger partial charge on any atom is 0.411 e. The molecule has 0 bridgehead atoms. The number of benzene rings is 1. The van der Waals surface area contributed by atoms with Gasteiger partial charge in [0.15, 0.2) is 5.65 Å². The van der Waals surface area contributed by atoms with Crippen LogP contribution in [0.3, 0.4) is 0 Å². The summed E-state index contributed by atoms with van der Waals surface area (Å²) in [5, 5.41) is 2.65. The van der Waals surface area contributed by atoms with Gasteiger partial charge in [0.05, 0.1) is 18.0 Å². The first-order valence-electron chi connectivity index (χ1n) is 7.53. The van der Waals surface area contributed by atoms with Crippen LogP contribution in [0.4, 0.5) is 10.5 Å². The smallest absolute Gasteiger partial charge is 0.411 e. The van der Waals surface area contributed by atoms with Crippen molar-refractivity contribution in [3.63, 3.8) is 0 Å². The second kappa shape index (κ2) is 6.92. The van der Waals surface area contributed by atoms with Gasteiger partial charge < -0.3 is 9.72 Å². The minimum atomic E-state index is -0.505. The van der Waals surface area contributed by atoms with Crippen LogP contribution in [0.25, 0.3) is 22.6 Å². The maximum atomic E-state index is 11.7. The summed E-state index contributed by atoms with van der Waals surface area (Å²) in [5.41, 5.74) is 2.88. The average molecular weight is 342 g/mol. The molecule has 124 valence electrons. The monoisotopic (exact) mass is 342 g/mol. The van der Waals surface area contributed by atoms with Crippen LogP contribution in [0, 0.1) is 0 Å². The Labute approximate surface area is 144 Å². The standard InChI is InChI=1S/C17H18N4O2S/c1-10(2)23-17(22)19-12-8-14-16(18-9-12)21-15(20-14)11-4-6-13(24-3)7-5-11/h4-10H,1-3H3,(H,19,22)(H,18,20,21). The summed E-state index contributed by atoms with van der Waals surface area (Å²) in [7, 11) is 0. The fourth-order valence-electron chi connectivity index (χ4n) is 2.21. The summed E-state index contributed by atoms with van der Waals surface area (Å²) >= 11 is 1.69. The lowest BCUT2D eigenvalue weighted by atomic mass is 10.2. The van der Waals surface area contributed by atoms with Crippen molar-refractivity contribution >= 4 is 34.7 Å². The molecule has 0 saturated heterocycles. The lowest BCUT2D eigenvalue weighted by Crippen LogP contribution is -2.18. The third-order valence-corrected chi connectivity index (χ3v) is 4.03. The van der Waals surface area contributed by atoms with Gasteiger partial charge >= 0.3 is 6.09 Å². The van der Waals surface area contributed by atoms with Gasteiger partial charge in [0.25, 0.3) is 0 Å². The highest BCUT2D eigenvalue weighted by Crippen LogP contribution is 2.23. The Morgan fingerprint density at radius 2 is 2.04 bits per heavy atom. The number of carbonyl (C=O) groups is 1. The average Bonchev–Trinajstić information content (AvgIpc) is 2.97. The summed E-state index contributed by atoms with van der Waals surface area (Å²) in [6, 6.07) is 9.90. The predicted octanol–water partition coefficient (Wildman–Crippen LogP) is 4.30. The summed E-state index contributed by atoms with van der Waals surface area (Å²) in [4.78, 5) is 24.9. The molecule has 7 heteroatoms. The zero-order valence-electron chi connectivity index (χ0n) is 13.7. The van der Waals surface area contributed by atoms with E-state index in [0.717, 1.165) is 11.4 Å². The number of anilines is 1. The van der Waals surface area contributed by atoms with Crippen molar-refractivity contribution in [3.05, 3.63) is 36.5 Å². The van der Waals surface area contributed by atoms with Gasteiger partial charge in [-0.25, -0.2) is 14.8 Å². The number of hydrogen-bond donors (Lipinski definition) is 2. The molecule has 0 unspecified atom stereocenters. The fourth-order valence-corrected chi connectivity index (χ4v) is 2.62. The van der Waals surface area contributed by atoms with Gasteiger partial charge in [0.2, 0.25) is 0 Å². The fraction of sp³-hybridized carbons (Fsp3) is 0.235. The van der Waals surface area contributed by atoms with E-state index in [0.29, 0.717) is 16.9 Å². The van der Waals surface area contributed by atoms with Gasteiger partial charge in [0, 0.05) is 10.5 Å². The van der Waals surface area contributed by atoms with Crippen molar-refractivity contribution in [2.45, 2.75) is 24.8 Å². The largest absolute Gasteiger partial charge is 0.447 e. The molecule has 0 aliphatic heterocycles. The Morgan fingerprint density at radius 3 is 2.71 bits per heavy atom. The highest BCUT2D eigenvalue weighted by molar-refractivity contribution is 7.98. The van der Waals surface area contributed by atoms with Crippen molar-refractivity contribution in [2.75, 3.05) is 11.6 Å². The summed E-state index contributed by atoms with van der Waals surface area (Å²) in [6.45, 7) is 3.59. The molecular formula is C17H18N4O2S. The second-order valence-corrected chi connectivity index (χ2v) is 6.36. The number of hydrogen-bond acceptors (Lipinski definition) is 5. The molecule has 0 saturated carbocycles. The lowest BCUT2D eigenvalue weighted by molar-refractivity contribution is 0.130. The number of thioether (sulfide) groups is 1. The molecule has 6 nitrogen and oxygen atoms in total. The number of pyridine rings is 1. The van der Waals surface area contributed by atoms with E-state index >= 15 is 0 Å². The summed E-state index contributed by atoms with van der Waals surface area (Å²) < 4.78 is 5.05. The Bertz CT molecular complexity index is 859. The van der Waals surface area contributed by atoms with Crippen molar-refractivity contribution in [1.82, 2.24) is 15.0 Å². The topological polar surface area (TPSA) is 79.9 Å². The van der Waals surface area contributed by atoms with Gasteiger partial charge in [-0.3, -0.25) is 5.32 Å². The Balaban J connectivity index is 1.84. The van der Waals surface area contributed by atoms with Crippen LogP contribution in [0.5, 0.6) is 0 Å². The van der Waals surface area contributed by atoms with E-state index in [1.165, 1.54) is 4.90 Å². The van der Waals surface area contributed by atoms with Crippen LogP contribution in [0.2, 0.25) is 0 Å². The van der Waals surface area contributed by atoms with Gasteiger partial charge in [-0.15, -0.1) is 11.8 Å². The quantitative estimate of drug-likeness (QED) is 0.691. The first-order valence-corrected chi connectivity index (χ1v) is 8.75. The number of amides is 1. The molecule has 2 aromatic heterocycles. The number of fused-ring (bicyclic) bond motifs is 1. The Kier molecular flexibility index (Phi) is 4.71. The second-order valence-electron chi connectivity index (χ2n) is 5.48. The zero-order chi connectivity index (χ0) is 17.1. The van der Waals surface area contributed by atoms with E-state index in [-0.39, 0.29) is 6.10 Å². The molecule has 1 amide bonds. The molecule has 2 heterocycles. The number of nitrogens with one attached hydrogen (secondary N) is 2. The lowest BCUT2D eigenvalue weighted by Gasteiger charge is -2.08. The highest BCUT2D eigenvalue weighted by Gasteiger charge is 2.10. The predicted molar refractivity (Wildman–Crippen MR) is 96.3 cm³/mol. The van der Waals surface area contributed by atoms with Crippen LogP contribution in [0.15, 0.2) is 41.4 Å². The third kappa shape index (κ3) is 3.68. The van der Waals surface area contributed by atoms with E-state index in [1.54, 1.807) is 37.9 Å². The SMILES string of the molecule is CSc1ccc(-c2nc3cc(NC(=O)OC(C)C)cnc3[nH]2)cc1. The molecular weight excluding hydrogens is 324 g/mol. The van der Waals surface area contributed by atoms with E-state index in [1.807, 2.05) is 18.4 Å². The van der Waals surface area contributed by atoms with Gasteiger partial charge in [0.1, 0.15) is 11.3 Å². The van der Waals surface area contributed by atoms with E-state index in [2.05, 4.69) is 32.4 Å². The number of aromatic nitrogens is 3. The van der Waals surface area contributed by atoms with Crippen LogP contribution >= 0.6 is 11.8 Å². The molecule has 1 aromatic carbocycles. The minimum Gasteiger partial charge on any atom is -0.447 e. The minimum absolute atomic E-state index is 0.178. The van der Waals surface area contributed by atoms with Gasteiger partial charge in [-0.1, -0.05) is 12.1 Å². The molecule has 3 aromatic rings. The van der Waals surface area contributed by atoms with Crippen molar-refractivity contribution in [3.8, 4) is 11.4 Å². The molecule has 3 rings (SSSR count). The third-order valence-electron chi connectivity index (χ3n) is 3.29. The highest BCUT2D eigenvalue weighted by atomic mass is 32.2. The van der Waals surface area contributed by atoms with E-state index in [4.69, 9.17) is 4.74 Å². The number of ether oxygens (including phenoxy) is 1. The number of nitrogens with zero attached hydrogens (tertiary/aromatic N) is 2. The number of rotatable bonds is 4. The first kappa shape index (κ1) is 16.3. The van der Waals surface area contributed by atoms with Gasteiger partial charge in [-0.2, -0.15) is 0 Å². The van der Waals surface area contributed by atoms with Gasteiger partial charge in [-0.05, 0) is 38.3 Å². The molecule has 0 spiro atoms. The van der Waals surface area contributed by atoms with Crippen LogP contribution < -0.4 is 5.32 Å². The Morgan fingerprint density at radius 1 is 1.29 bits per heavy atom. The number of carbonyl (C=O) groups excluding carboxylic acids is 1. The van der Waals surface area contributed by atoms with Crippen LogP contribution in [-0.2, 0) is 4.74 Å². The zero-order valence-corrected chi connectivity index (χ0v) is 14.5. The van der Waals surface area contributed by atoms with E-state index in [9.17, 15) is 4.79 Å². The summed E-state index contributed by atoms with van der Waals surface area (Å²) in [5.74, 6) is 0.743. The molecule has 2 N–H and O–H groups in total. The number of H-pyrrole nitrogens is 1. The molecule has 0 aliphatic carbocycles. The molecule has 0 atom stereocenters. The van der Waals surface area contributed by atoms with Crippen LogP contribution in [-0.4, -0.2) is 33.4 Å². The van der Waals surface area contributed by atoms with Crippen molar-refractivity contribution < 1.29 is 9.53 Å². The Hall–Kier alpha value is -2.54. The maximum absolute atomic E-state index is 11.7. The van der Waals surface area contributed by atoms with Crippen molar-refractivity contribution in [2.24, 2.45) is 0 Å². The van der Waals surface area contributed by atoms with E-state index < -0.39 is 6.09 Å². The number of imidazole rings is 1. The molecule has 0 radical (unpaired) electrons. The van der Waals surface area contributed by atoms with Crippen LogP contribution in [0.1, 0.15) is 13.8 Å². The normalized spacial score (nSPS) is 11.0.